The number of esters is 1. The molecule has 1 aliphatic heterocycles. The van der Waals surface area contributed by atoms with Crippen molar-refractivity contribution in [2.24, 2.45) is 16.7 Å². The summed E-state index contributed by atoms with van der Waals surface area (Å²) in [5, 5.41) is 0. The normalized spacial score (nSPS) is 34.6. The van der Waals surface area contributed by atoms with Crippen LogP contribution in [0, 0.1) is 16.7 Å². The Morgan fingerprint density at radius 2 is 1.57 bits per heavy atom. The monoisotopic (exact) mass is 384 g/mol. The van der Waals surface area contributed by atoms with Gasteiger partial charge in [-0.2, -0.15) is 0 Å². The van der Waals surface area contributed by atoms with E-state index >= 15 is 0 Å². The first-order chi connectivity index (χ1) is 12.9. The summed E-state index contributed by atoms with van der Waals surface area (Å²) in [6.45, 7) is 14.9. The molecule has 2 saturated carbocycles. The van der Waals surface area contributed by atoms with Gasteiger partial charge in [-0.1, -0.05) is 32.9 Å². The summed E-state index contributed by atoms with van der Waals surface area (Å²) in [7, 11) is -0.418. The van der Waals surface area contributed by atoms with Crippen molar-refractivity contribution in [3.05, 3.63) is 29.8 Å². The molecular formula is C23H33BO4. The van der Waals surface area contributed by atoms with E-state index in [0.29, 0.717) is 11.5 Å². The lowest BCUT2D eigenvalue weighted by Gasteiger charge is -2.41. The summed E-state index contributed by atoms with van der Waals surface area (Å²) in [5.41, 5.74) is 0.915. The summed E-state index contributed by atoms with van der Waals surface area (Å²) in [4.78, 5) is 12.9. The molecule has 1 aromatic rings. The van der Waals surface area contributed by atoms with Crippen molar-refractivity contribution in [2.75, 3.05) is 0 Å². The van der Waals surface area contributed by atoms with Gasteiger partial charge in [-0.25, -0.2) is 4.79 Å². The molecule has 0 amide bonds. The molecule has 3 fully saturated rings. The molecular weight excluding hydrogens is 351 g/mol. The zero-order valence-corrected chi connectivity index (χ0v) is 18.3. The maximum absolute atomic E-state index is 12.9. The standard InChI is InChI=1S/C23H33BO4/c1-20(2)16-12-13-23(7,14-16)19(20)26-18(25)15-8-10-17(11-9-15)24-27-21(3,4)22(5,6)28-24/h8-11,16,19H,12-14H2,1-7H3. The topological polar surface area (TPSA) is 44.8 Å². The molecule has 3 atom stereocenters. The third-order valence-electron chi connectivity index (χ3n) is 8.03. The van der Waals surface area contributed by atoms with Gasteiger partial charge in [-0.3, -0.25) is 0 Å². The van der Waals surface area contributed by atoms with E-state index in [1.807, 2.05) is 52.0 Å². The first kappa shape index (κ1) is 20.0. The van der Waals surface area contributed by atoms with E-state index in [4.69, 9.17) is 14.0 Å². The molecule has 0 radical (unpaired) electrons. The highest BCUT2D eigenvalue weighted by Gasteiger charge is 2.61. The minimum atomic E-state index is -0.418. The van der Waals surface area contributed by atoms with Crippen molar-refractivity contribution in [1.82, 2.24) is 0 Å². The van der Waals surface area contributed by atoms with Gasteiger partial charge in [0.15, 0.2) is 0 Å². The minimum Gasteiger partial charge on any atom is -0.458 e. The highest BCUT2D eigenvalue weighted by Crippen LogP contribution is 2.63. The number of carbonyl (C=O) groups is 1. The van der Waals surface area contributed by atoms with Gasteiger partial charge < -0.3 is 14.0 Å². The van der Waals surface area contributed by atoms with Gasteiger partial charge in [-0.05, 0) is 70.5 Å². The Hall–Kier alpha value is -1.33. The highest BCUT2D eigenvalue weighted by atomic mass is 16.7. The first-order valence-electron chi connectivity index (χ1n) is 10.5. The Morgan fingerprint density at radius 3 is 2.07 bits per heavy atom. The number of hydrogen-bond acceptors (Lipinski definition) is 4. The molecule has 4 rings (SSSR count). The quantitative estimate of drug-likeness (QED) is 0.574. The number of fused-ring (bicyclic) bond motifs is 2. The van der Waals surface area contributed by atoms with Crippen LogP contribution in [0.25, 0.3) is 0 Å². The second-order valence-electron chi connectivity index (χ2n) is 10.9. The van der Waals surface area contributed by atoms with Gasteiger partial charge in [0.05, 0.1) is 16.8 Å². The van der Waals surface area contributed by atoms with Crippen LogP contribution in [-0.2, 0) is 14.0 Å². The third-order valence-corrected chi connectivity index (χ3v) is 8.03. The minimum absolute atomic E-state index is 0.0194. The Bertz CT molecular complexity index is 762. The molecule has 1 heterocycles. The Kier molecular flexibility index (Phi) is 4.34. The van der Waals surface area contributed by atoms with Crippen LogP contribution < -0.4 is 5.46 Å². The highest BCUT2D eigenvalue weighted by molar-refractivity contribution is 6.62. The lowest BCUT2D eigenvalue weighted by Crippen LogP contribution is -2.43. The zero-order chi connectivity index (χ0) is 20.5. The van der Waals surface area contributed by atoms with E-state index in [0.717, 1.165) is 11.9 Å². The van der Waals surface area contributed by atoms with E-state index in [9.17, 15) is 4.79 Å². The van der Waals surface area contributed by atoms with Gasteiger partial charge in [0.1, 0.15) is 6.10 Å². The molecule has 28 heavy (non-hydrogen) atoms. The van der Waals surface area contributed by atoms with Gasteiger partial charge in [0.2, 0.25) is 0 Å². The molecule has 0 N–H and O–H groups in total. The number of carbonyl (C=O) groups excluding carboxylic acids is 1. The lowest BCUT2D eigenvalue weighted by molar-refractivity contribution is -0.0584. The van der Waals surface area contributed by atoms with E-state index in [-0.39, 0.29) is 34.1 Å². The van der Waals surface area contributed by atoms with Crippen molar-refractivity contribution in [3.8, 4) is 0 Å². The van der Waals surface area contributed by atoms with Crippen molar-refractivity contribution in [3.63, 3.8) is 0 Å². The average Bonchev–Trinajstić information content (AvgIpc) is 3.16. The maximum atomic E-state index is 12.9. The van der Waals surface area contributed by atoms with E-state index in [2.05, 4.69) is 20.8 Å². The summed E-state index contributed by atoms with van der Waals surface area (Å²) < 4.78 is 18.3. The van der Waals surface area contributed by atoms with Crippen LogP contribution in [0.1, 0.15) is 78.1 Å². The second-order valence-corrected chi connectivity index (χ2v) is 10.9. The van der Waals surface area contributed by atoms with Crippen molar-refractivity contribution < 1.29 is 18.8 Å². The summed E-state index contributed by atoms with van der Waals surface area (Å²) in [5.74, 6) is 0.424. The average molecular weight is 384 g/mol. The maximum Gasteiger partial charge on any atom is 0.494 e. The number of ether oxygens (including phenoxy) is 1. The molecule has 2 aliphatic carbocycles. The van der Waals surface area contributed by atoms with Crippen molar-refractivity contribution in [2.45, 2.75) is 85.0 Å². The second kappa shape index (κ2) is 6.09. The molecule has 3 aliphatic rings. The molecule has 2 bridgehead atoms. The van der Waals surface area contributed by atoms with Crippen LogP contribution in [0.2, 0.25) is 0 Å². The van der Waals surface area contributed by atoms with Gasteiger partial charge >= 0.3 is 13.1 Å². The van der Waals surface area contributed by atoms with E-state index < -0.39 is 7.12 Å². The molecule has 3 unspecified atom stereocenters. The smallest absolute Gasteiger partial charge is 0.458 e. The van der Waals surface area contributed by atoms with Crippen LogP contribution in [-0.4, -0.2) is 30.4 Å². The number of hydrogen-bond donors (Lipinski definition) is 0. The predicted molar refractivity (Wildman–Crippen MR) is 111 cm³/mol. The van der Waals surface area contributed by atoms with E-state index in [1.54, 1.807) is 0 Å². The third kappa shape index (κ3) is 2.93. The number of rotatable bonds is 3. The van der Waals surface area contributed by atoms with E-state index in [1.165, 1.54) is 12.8 Å². The molecule has 0 spiro atoms. The molecule has 1 saturated heterocycles. The van der Waals surface area contributed by atoms with Crippen LogP contribution in [0.15, 0.2) is 24.3 Å². The summed E-state index contributed by atoms with van der Waals surface area (Å²) in [6.07, 6.45) is 3.55. The van der Waals surface area contributed by atoms with Crippen molar-refractivity contribution >= 4 is 18.6 Å². The molecule has 5 heteroatoms. The summed E-state index contributed by atoms with van der Waals surface area (Å²) in [6, 6.07) is 7.47. The fraction of sp³-hybridized carbons (Fsp3) is 0.696. The molecule has 152 valence electrons. The van der Waals surface area contributed by atoms with Gasteiger partial charge in [0, 0.05) is 10.8 Å². The molecule has 4 nitrogen and oxygen atoms in total. The SMILES string of the molecule is CC12CCC(C1)C(C)(C)C2OC(=O)c1ccc(B2OC(C)(C)C(C)(C)O2)cc1. The fourth-order valence-corrected chi connectivity index (χ4v) is 5.48. The number of benzene rings is 1. The van der Waals surface area contributed by atoms with Crippen LogP contribution >= 0.6 is 0 Å². The fourth-order valence-electron chi connectivity index (χ4n) is 5.48. The van der Waals surface area contributed by atoms with Gasteiger partial charge in [-0.15, -0.1) is 0 Å². The Morgan fingerprint density at radius 1 is 1.00 bits per heavy atom. The van der Waals surface area contributed by atoms with Crippen LogP contribution in [0.5, 0.6) is 0 Å². The Labute approximate surface area is 169 Å². The lowest BCUT2D eigenvalue weighted by atomic mass is 9.70. The van der Waals surface area contributed by atoms with Gasteiger partial charge in [0.25, 0.3) is 0 Å². The first-order valence-corrected chi connectivity index (χ1v) is 10.5. The van der Waals surface area contributed by atoms with Crippen LogP contribution in [0.3, 0.4) is 0 Å². The largest absolute Gasteiger partial charge is 0.494 e. The Balaban J connectivity index is 1.47. The predicted octanol–water partition coefficient (Wildman–Crippen LogP) is 4.36. The zero-order valence-electron chi connectivity index (χ0n) is 18.3. The molecule has 1 aromatic carbocycles. The van der Waals surface area contributed by atoms with Crippen LogP contribution in [0.4, 0.5) is 0 Å². The summed E-state index contributed by atoms with van der Waals surface area (Å²) >= 11 is 0. The molecule has 0 aromatic heterocycles. The van der Waals surface area contributed by atoms with Crippen molar-refractivity contribution in [1.29, 1.82) is 0 Å².